The van der Waals surface area contributed by atoms with Gasteiger partial charge in [-0.05, 0) is 47.9 Å². The minimum atomic E-state index is -0.315. The first-order chi connectivity index (χ1) is 14.6. The molecule has 0 radical (unpaired) electrons. The second-order valence-electron chi connectivity index (χ2n) is 6.99. The van der Waals surface area contributed by atoms with Crippen LogP contribution in [0.25, 0.3) is 11.3 Å². The van der Waals surface area contributed by atoms with Crippen LogP contribution in [-0.4, -0.2) is 46.3 Å². The number of benzene rings is 1. The predicted octanol–water partition coefficient (Wildman–Crippen LogP) is 1.91. The van der Waals surface area contributed by atoms with Crippen molar-refractivity contribution in [3.05, 3.63) is 70.3 Å². The maximum atomic E-state index is 12.9. The average molecular weight is 406 g/mol. The van der Waals surface area contributed by atoms with Crippen LogP contribution in [0.3, 0.4) is 0 Å². The number of aromatic nitrogens is 3. The van der Waals surface area contributed by atoms with Crippen LogP contribution in [0.1, 0.15) is 11.1 Å². The lowest BCUT2D eigenvalue weighted by molar-refractivity contribution is -0.133. The van der Waals surface area contributed by atoms with Gasteiger partial charge in [0.1, 0.15) is 6.54 Å². The van der Waals surface area contributed by atoms with Gasteiger partial charge in [0, 0.05) is 37.1 Å². The molecule has 0 saturated carbocycles. The van der Waals surface area contributed by atoms with E-state index in [4.69, 9.17) is 9.47 Å². The quantitative estimate of drug-likeness (QED) is 0.643. The summed E-state index contributed by atoms with van der Waals surface area (Å²) >= 11 is 0. The van der Waals surface area contributed by atoms with Crippen LogP contribution >= 0.6 is 0 Å². The van der Waals surface area contributed by atoms with Gasteiger partial charge in [-0.3, -0.25) is 14.6 Å². The molecule has 8 nitrogen and oxygen atoms in total. The number of methoxy groups -OCH3 is 2. The Morgan fingerprint density at radius 3 is 2.43 bits per heavy atom. The Morgan fingerprint density at radius 1 is 1.03 bits per heavy atom. The molecule has 1 aliphatic rings. The van der Waals surface area contributed by atoms with E-state index in [2.05, 4.69) is 10.1 Å². The predicted molar refractivity (Wildman–Crippen MR) is 110 cm³/mol. The van der Waals surface area contributed by atoms with E-state index in [9.17, 15) is 9.59 Å². The van der Waals surface area contributed by atoms with Crippen LogP contribution in [0.4, 0.5) is 0 Å². The number of amides is 1. The summed E-state index contributed by atoms with van der Waals surface area (Å²) in [7, 11) is 3.19. The minimum absolute atomic E-state index is 0.111. The van der Waals surface area contributed by atoms with E-state index in [0.29, 0.717) is 36.7 Å². The number of pyridine rings is 1. The van der Waals surface area contributed by atoms with E-state index < -0.39 is 0 Å². The highest BCUT2D eigenvalue weighted by molar-refractivity contribution is 5.76. The molecule has 154 valence electrons. The monoisotopic (exact) mass is 406 g/mol. The number of carbonyl (C=O) groups is 1. The molecule has 3 heterocycles. The van der Waals surface area contributed by atoms with Gasteiger partial charge in [-0.2, -0.15) is 5.10 Å². The molecule has 30 heavy (non-hydrogen) atoms. The summed E-state index contributed by atoms with van der Waals surface area (Å²) in [6.45, 7) is 0.911. The molecule has 0 fully saturated rings. The Balaban J connectivity index is 1.53. The lowest BCUT2D eigenvalue weighted by Crippen LogP contribution is -2.40. The Kier molecular flexibility index (Phi) is 5.47. The van der Waals surface area contributed by atoms with Gasteiger partial charge in [0.15, 0.2) is 11.5 Å². The Labute approximate surface area is 173 Å². The van der Waals surface area contributed by atoms with Crippen molar-refractivity contribution in [2.75, 3.05) is 20.8 Å². The molecule has 0 atom stereocenters. The van der Waals surface area contributed by atoms with Crippen LogP contribution in [-0.2, 0) is 24.3 Å². The normalized spacial score (nSPS) is 12.9. The van der Waals surface area contributed by atoms with E-state index >= 15 is 0 Å². The Morgan fingerprint density at radius 2 is 1.73 bits per heavy atom. The molecule has 0 saturated heterocycles. The van der Waals surface area contributed by atoms with E-state index in [0.717, 1.165) is 16.7 Å². The molecular weight excluding hydrogens is 384 g/mol. The molecule has 0 N–H and O–H groups in total. The fraction of sp³-hybridized carbons (Fsp3) is 0.273. The molecule has 1 aliphatic heterocycles. The van der Waals surface area contributed by atoms with Crippen molar-refractivity contribution in [2.24, 2.45) is 0 Å². The van der Waals surface area contributed by atoms with Crippen molar-refractivity contribution < 1.29 is 14.3 Å². The topological polar surface area (TPSA) is 86.6 Å². The first-order valence-electron chi connectivity index (χ1n) is 9.59. The maximum Gasteiger partial charge on any atom is 0.267 e. The summed E-state index contributed by atoms with van der Waals surface area (Å²) in [4.78, 5) is 30.9. The zero-order chi connectivity index (χ0) is 21.1. The Bertz CT molecular complexity index is 1130. The summed E-state index contributed by atoms with van der Waals surface area (Å²) in [5.74, 6) is 1.16. The number of ether oxygens (including phenoxy) is 2. The molecule has 1 aromatic carbocycles. The third-order valence-electron chi connectivity index (χ3n) is 5.20. The molecule has 0 spiro atoms. The number of nitrogens with zero attached hydrogens (tertiary/aromatic N) is 4. The molecule has 3 aromatic rings. The first kappa shape index (κ1) is 19.6. The van der Waals surface area contributed by atoms with Crippen LogP contribution < -0.4 is 15.0 Å². The van der Waals surface area contributed by atoms with Gasteiger partial charge in [0.05, 0.1) is 19.9 Å². The first-order valence-corrected chi connectivity index (χ1v) is 9.59. The van der Waals surface area contributed by atoms with E-state index in [1.807, 2.05) is 24.3 Å². The fourth-order valence-corrected chi connectivity index (χ4v) is 3.56. The second-order valence-corrected chi connectivity index (χ2v) is 6.99. The number of fused-ring (bicyclic) bond motifs is 1. The molecule has 8 heteroatoms. The summed E-state index contributed by atoms with van der Waals surface area (Å²) in [6, 6.07) is 10.6. The summed E-state index contributed by atoms with van der Waals surface area (Å²) in [5, 5.41) is 4.36. The van der Waals surface area contributed by atoms with Gasteiger partial charge in [0.2, 0.25) is 5.91 Å². The standard InChI is InChI=1S/C22H22N4O4/c1-29-19-11-16-7-10-25(13-17(16)12-20(19)30-2)22(28)14-26-21(27)4-3-18(24-26)15-5-8-23-9-6-15/h3-6,8-9,11-12H,7,10,13-14H2,1-2H3. The fourth-order valence-electron chi connectivity index (χ4n) is 3.56. The molecule has 2 aromatic heterocycles. The van der Waals surface area contributed by atoms with Crippen LogP contribution in [0.2, 0.25) is 0 Å². The summed E-state index contributed by atoms with van der Waals surface area (Å²) < 4.78 is 11.9. The van der Waals surface area contributed by atoms with Crippen molar-refractivity contribution in [2.45, 2.75) is 19.5 Å². The maximum absolute atomic E-state index is 12.9. The number of hydrogen-bond acceptors (Lipinski definition) is 6. The van der Waals surface area contributed by atoms with Gasteiger partial charge in [-0.1, -0.05) is 0 Å². The highest BCUT2D eigenvalue weighted by Gasteiger charge is 2.23. The molecular formula is C22H22N4O4. The van der Waals surface area contributed by atoms with Gasteiger partial charge in [-0.15, -0.1) is 0 Å². The zero-order valence-corrected chi connectivity index (χ0v) is 16.9. The van der Waals surface area contributed by atoms with Gasteiger partial charge < -0.3 is 14.4 Å². The number of hydrogen-bond donors (Lipinski definition) is 0. The lowest BCUT2D eigenvalue weighted by atomic mass is 9.98. The summed E-state index contributed by atoms with van der Waals surface area (Å²) in [6.07, 6.45) is 4.03. The third kappa shape index (κ3) is 3.89. The Hall–Kier alpha value is -3.68. The molecule has 1 amide bonds. The highest BCUT2D eigenvalue weighted by atomic mass is 16.5. The van der Waals surface area contributed by atoms with E-state index in [1.54, 1.807) is 37.6 Å². The molecule has 0 bridgehead atoms. The van der Waals surface area contributed by atoms with Crippen LogP contribution in [0.15, 0.2) is 53.6 Å². The third-order valence-corrected chi connectivity index (χ3v) is 5.20. The van der Waals surface area contributed by atoms with Crippen LogP contribution in [0, 0.1) is 0 Å². The van der Waals surface area contributed by atoms with E-state index in [1.165, 1.54) is 10.7 Å². The lowest BCUT2D eigenvalue weighted by Gasteiger charge is -2.29. The van der Waals surface area contributed by atoms with E-state index in [-0.39, 0.29) is 18.0 Å². The highest BCUT2D eigenvalue weighted by Crippen LogP contribution is 2.33. The van der Waals surface area contributed by atoms with Gasteiger partial charge in [0.25, 0.3) is 5.56 Å². The number of carbonyl (C=O) groups excluding carboxylic acids is 1. The van der Waals surface area contributed by atoms with Crippen molar-refractivity contribution >= 4 is 5.91 Å². The zero-order valence-electron chi connectivity index (χ0n) is 16.9. The van der Waals surface area contributed by atoms with Gasteiger partial charge >= 0.3 is 0 Å². The molecule has 0 unspecified atom stereocenters. The van der Waals surface area contributed by atoms with Crippen molar-refractivity contribution in [1.29, 1.82) is 0 Å². The molecule has 0 aliphatic carbocycles. The summed E-state index contributed by atoms with van der Waals surface area (Å²) in [5.41, 5.74) is 3.28. The van der Waals surface area contributed by atoms with Crippen molar-refractivity contribution in [3.63, 3.8) is 0 Å². The largest absolute Gasteiger partial charge is 0.493 e. The second kappa shape index (κ2) is 8.36. The smallest absolute Gasteiger partial charge is 0.267 e. The van der Waals surface area contributed by atoms with Gasteiger partial charge in [-0.25, -0.2) is 4.68 Å². The van der Waals surface area contributed by atoms with Crippen molar-refractivity contribution in [1.82, 2.24) is 19.7 Å². The van der Waals surface area contributed by atoms with Crippen molar-refractivity contribution in [3.8, 4) is 22.8 Å². The SMILES string of the molecule is COc1cc2c(cc1OC)CN(C(=O)Cn1nc(-c3ccncc3)ccc1=O)CC2. The minimum Gasteiger partial charge on any atom is -0.493 e. The number of rotatable bonds is 5. The van der Waals surface area contributed by atoms with Crippen LogP contribution in [0.5, 0.6) is 11.5 Å². The average Bonchev–Trinajstić information content (AvgIpc) is 2.79. The molecule has 4 rings (SSSR count).